The van der Waals surface area contributed by atoms with Crippen LogP contribution in [0, 0.1) is 0 Å². The number of fused-ring (bicyclic) bond motifs is 1. The van der Waals surface area contributed by atoms with Gasteiger partial charge >= 0.3 is 0 Å². The molecule has 32 heavy (non-hydrogen) atoms. The largest absolute Gasteiger partial charge is 0.350 e. The molecule has 0 fully saturated rings. The Morgan fingerprint density at radius 3 is 2.59 bits per heavy atom. The number of amides is 2. The predicted molar refractivity (Wildman–Crippen MR) is 134 cm³/mol. The van der Waals surface area contributed by atoms with Crippen LogP contribution < -0.4 is 10.6 Å². The van der Waals surface area contributed by atoms with Gasteiger partial charge in [-0.15, -0.1) is 23.1 Å². The van der Waals surface area contributed by atoms with E-state index in [9.17, 15) is 9.59 Å². The summed E-state index contributed by atoms with van der Waals surface area (Å²) in [5, 5.41) is 8.95. The van der Waals surface area contributed by atoms with Gasteiger partial charge in [-0.25, -0.2) is 0 Å². The number of thiophene rings is 1. The summed E-state index contributed by atoms with van der Waals surface area (Å²) in [6, 6.07) is 19.8. The zero-order chi connectivity index (χ0) is 22.3. The van der Waals surface area contributed by atoms with E-state index in [1.54, 1.807) is 0 Å². The van der Waals surface area contributed by atoms with Gasteiger partial charge in [0.25, 0.3) is 5.91 Å². The average Bonchev–Trinajstić information content (AvgIpc) is 3.47. The van der Waals surface area contributed by atoms with Gasteiger partial charge in [0, 0.05) is 40.8 Å². The van der Waals surface area contributed by atoms with Crippen LogP contribution in [-0.4, -0.2) is 28.7 Å². The molecule has 4 rings (SSSR count). The molecule has 164 valence electrons. The monoisotopic (exact) mass is 463 g/mol. The van der Waals surface area contributed by atoms with Crippen molar-refractivity contribution >= 4 is 51.5 Å². The fraction of sp³-hybridized carbons (Fsp3) is 0.200. The Morgan fingerprint density at radius 1 is 1.03 bits per heavy atom. The zero-order valence-electron chi connectivity index (χ0n) is 17.8. The molecule has 0 aliphatic heterocycles. The molecular formula is C25H25N3O2S2. The Hall–Kier alpha value is -3.03. The lowest BCUT2D eigenvalue weighted by Gasteiger charge is -2.06. The smallest absolute Gasteiger partial charge is 0.261 e. The van der Waals surface area contributed by atoms with E-state index in [4.69, 9.17) is 0 Å². The topological polar surface area (TPSA) is 63.1 Å². The van der Waals surface area contributed by atoms with Crippen LogP contribution in [0.25, 0.3) is 10.9 Å². The summed E-state index contributed by atoms with van der Waals surface area (Å²) >= 11 is 2.96. The maximum absolute atomic E-state index is 12.5. The molecule has 0 aliphatic carbocycles. The fourth-order valence-corrected chi connectivity index (χ4v) is 4.99. The molecule has 0 atom stereocenters. The summed E-state index contributed by atoms with van der Waals surface area (Å²) in [5.74, 6) is 0.257. The number of carbonyl (C=O) groups is 2. The van der Waals surface area contributed by atoms with Crippen molar-refractivity contribution in [3.05, 3.63) is 82.7 Å². The SMILES string of the molecule is CCc1ccc(NC(=O)CSc2cn(CCNC(=O)c3cccs3)c3ccccc23)cc1. The van der Waals surface area contributed by atoms with E-state index in [1.807, 2.05) is 53.9 Å². The highest BCUT2D eigenvalue weighted by Crippen LogP contribution is 2.30. The lowest BCUT2D eigenvalue weighted by Crippen LogP contribution is -2.26. The first-order valence-electron chi connectivity index (χ1n) is 10.5. The molecule has 7 heteroatoms. The second-order valence-electron chi connectivity index (χ2n) is 7.32. The Labute approximate surface area is 195 Å². The number of hydrogen-bond acceptors (Lipinski definition) is 4. The number of aromatic nitrogens is 1. The molecule has 2 aromatic carbocycles. The molecule has 2 heterocycles. The van der Waals surface area contributed by atoms with Gasteiger partial charge in [-0.3, -0.25) is 9.59 Å². The van der Waals surface area contributed by atoms with Gasteiger partial charge in [-0.05, 0) is 41.6 Å². The van der Waals surface area contributed by atoms with Gasteiger partial charge < -0.3 is 15.2 Å². The molecule has 2 amide bonds. The third-order valence-electron chi connectivity index (χ3n) is 5.14. The van der Waals surface area contributed by atoms with E-state index in [2.05, 4.69) is 40.5 Å². The number of carbonyl (C=O) groups excluding carboxylic acids is 2. The zero-order valence-corrected chi connectivity index (χ0v) is 19.5. The Balaban J connectivity index is 1.37. The highest BCUT2D eigenvalue weighted by Gasteiger charge is 2.12. The number of anilines is 1. The summed E-state index contributed by atoms with van der Waals surface area (Å²) in [5.41, 5.74) is 3.16. The first kappa shape index (κ1) is 22.2. The summed E-state index contributed by atoms with van der Waals surface area (Å²) in [6.45, 7) is 3.31. The Kier molecular flexibility index (Phi) is 7.29. The normalized spacial score (nSPS) is 10.9. The molecule has 0 spiro atoms. The van der Waals surface area contributed by atoms with Crippen LogP contribution in [-0.2, 0) is 17.8 Å². The third-order valence-corrected chi connectivity index (χ3v) is 7.05. The molecule has 5 nitrogen and oxygen atoms in total. The number of rotatable bonds is 9. The highest BCUT2D eigenvalue weighted by molar-refractivity contribution is 8.00. The van der Waals surface area contributed by atoms with Crippen molar-refractivity contribution < 1.29 is 9.59 Å². The molecule has 0 unspecified atom stereocenters. The summed E-state index contributed by atoms with van der Waals surface area (Å²) < 4.78 is 2.13. The van der Waals surface area contributed by atoms with Crippen molar-refractivity contribution in [2.24, 2.45) is 0 Å². The van der Waals surface area contributed by atoms with Gasteiger partial charge in [0.2, 0.25) is 5.91 Å². The van der Waals surface area contributed by atoms with Crippen molar-refractivity contribution in [2.45, 2.75) is 24.8 Å². The first-order chi connectivity index (χ1) is 15.6. The van der Waals surface area contributed by atoms with Gasteiger partial charge in [-0.1, -0.05) is 43.3 Å². The molecule has 0 saturated heterocycles. The van der Waals surface area contributed by atoms with Crippen molar-refractivity contribution in [3.63, 3.8) is 0 Å². The fourth-order valence-electron chi connectivity index (χ4n) is 3.46. The molecule has 2 aromatic heterocycles. The maximum Gasteiger partial charge on any atom is 0.261 e. The summed E-state index contributed by atoms with van der Waals surface area (Å²) in [7, 11) is 0. The lowest BCUT2D eigenvalue weighted by molar-refractivity contribution is -0.113. The van der Waals surface area contributed by atoms with Crippen LogP contribution in [0.2, 0.25) is 0 Å². The summed E-state index contributed by atoms with van der Waals surface area (Å²) in [6.07, 6.45) is 3.04. The summed E-state index contributed by atoms with van der Waals surface area (Å²) in [4.78, 5) is 26.4. The van der Waals surface area contributed by atoms with E-state index in [0.717, 1.165) is 27.9 Å². The van der Waals surface area contributed by atoms with Crippen LogP contribution >= 0.6 is 23.1 Å². The average molecular weight is 464 g/mol. The number of aryl methyl sites for hydroxylation is 1. The molecule has 2 N–H and O–H groups in total. The number of nitrogens with one attached hydrogen (secondary N) is 2. The van der Waals surface area contributed by atoms with Gasteiger partial charge in [0.1, 0.15) is 0 Å². The maximum atomic E-state index is 12.5. The van der Waals surface area contributed by atoms with Crippen LogP contribution in [0.1, 0.15) is 22.2 Å². The minimum Gasteiger partial charge on any atom is -0.350 e. The number of benzene rings is 2. The minimum atomic E-state index is -0.0466. The van der Waals surface area contributed by atoms with Crippen LogP contribution in [0.5, 0.6) is 0 Å². The van der Waals surface area contributed by atoms with Crippen molar-refractivity contribution in [1.82, 2.24) is 9.88 Å². The second kappa shape index (κ2) is 10.5. The number of nitrogens with zero attached hydrogens (tertiary/aromatic N) is 1. The molecule has 0 bridgehead atoms. The minimum absolute atomic E-state index is 0.0284. The Morgan fingerprint density at radius 2 is 1.84 bits per heavy atom. The number of thioether (sulfide) groups is 1. The Bertz CT molecular complexity index is 1200. The third kappa shape index (κ3) is 5.41. The molecule has 4 aromatic rings. The van der Waals surface area contributed by atoms with E-state index >= 15 is 0 Å². The van der Waals surface area contributed by atoms with Crippen molar-refractivity contribution in [3.8, 4) is 0 Å². The molecule has 0 saturated carbocycles. The second-order valence-corrected chi connectivity index (χ2v) is 9.29. The first-order valence-corrected chi connectivity index (χ1v) is 12.4. The van der Waals surface area contributed by atoms with E-state index in [0.29, 0.717) is 23.7 Å². The number of para-hydroxylation sites is 1. The highest BCUT2D eigenvalue weighted by atomic mass is 32.2. The quantitative estimate of drug-likeness (QED) is 0.326. The van der Waals surface area contributed by atoms with Crippen LogP contribution in [0.15, 0.2) is 77.1 Å². The van der Waals surface area contributed by atoms with Gasteiger partial charge in [0.15, 0.2) is 0 Å². The van der Waals surface area contributed by atoms with Crippen LogP contribution in [0.3, 0.4) is 0 Å². The van der Waals surface area contributed by atoms with Crippen LogP contribution in [0.4, 0.5) is 5.69 Å². The van der Waals surface area contributed by atoms with Gasteiger partial charge in [0.05, 0.1) is 10.6 Å². The van der Waals surface area contributed by atoms with E-state index in [1.165, 1.54) is 28.7 Å². The predicted octanol–water partition coefficient (Wildman–Crippen LogP) is 5.43. The molecule has 0 radical (unpaired) electrons. The lowest BCUT2D eigenvalue weighted by atomic mass is 10.1. The van der Waals surface area contributed by atoms with E-state index < -0.39 is 0 Å². The van der Waals surface area contributed by atoms with Crippen molar-refractivity contribution in [1.29, 1.82) is 0 Å². The van der Waals surface area contributed by atoms with Crippen molar-refractivity contribution in [2.75, 3.05) is 17.6 Å². The molecule has 0 aliphatic rings. The number of hydrogen-bond donors (Lipinski definition) is 2. The van der Waals surface area contributed by atoms with E-state index in [-0.39, 0.29) is 11.8 Å². The molecular weight excluding hydrogens is 438 g/mol. The standard InChI is InChI=1S/C25H25N3O2S2/c1-2-18-9-11-19(12-10-18)27-24(29)17-32-23-16-28(21-7-4-3-6-20(21)23)14-13-26-25(30)22-8-5-15-31-22/h3-12,15-16H,2,13-14,17H2,1H3,(H,26,30)(H,27,29). The van der Waals surface area contributed by atoms with Gasteiger partial charge in [-0.2, -0.15) is 0 Å².